The van der Waals surface area contributed by atoms with Gasteiger partial charge in [-0.05, 0) is 31.2 Å². The molecule has 0 atom stereocenters. The van der Waals surface area contributed by atoms with E-state index >= 15 is 0 Å². The lowest BCUT2D eigenvalue weighted by Gasteiger charge is -1.95. The van der Waals surface area contributed by atoms with Gasteiger partial charge in [-0.25, -0.2) is 0 Å². The molecule has 1 N–H and O–H groups in total. The third-order valence-corrected chi connectivity index (χ3v) is 3.21. The maximum atomic E-state index is 10.5. The van der Waals surface area contributed by atoms with Crippen LogP contribution in [0.3, 0.4) is 0 Å². The molecule has 1 aromatic heterocycles. The predicted octanol–water partition coefficient (Wildman–Crippen LogP) is 2.47. The fourth-order valence-electron chi connectivity index (χ4n) is 1.34. The smallest absolute Gasteiger partial charge is 0.294 e. The number of hydrogen-bond acceptors (Lipinski definition) is 4. The molecule has 0 amide bonds. The van der Waals surface area contributed by atoms with E-state index in [1.54, 1.807) is 25.4 Å². The summed E-state index contributed by atoms with van der Waals surface area (Å²) in [6.07, 6.45) is 1.76. The van der Waals surface area contributed by atoms with Crippen molar-refractivity contribution in [3.63, 3.8) is 0 Å². The zero-order valence-corrected chi connectivity index (χ0v) is 12.2. The van der Waals surface area contributed by atoms with E-state index in [1.165, 1.54) is 12.1 Å². The van der Waals surface area contributed by atoms with Crippen LogP contribution in [0.5, 0.6) is 0 Å². The Balaban J connectivity index is 0.000000204. The molecule has 2 rings (SSSR count). The minimum Gasteiger partial charge on any atom is -0.378 e. The van der Waals surface area contributed by atoms with Gasteiger partial charge in [0, 0.05) is 13.3 Å². The number of pyridine rings is 1. The van der Waals surface area contributed by atoms with Gasteiger partial charge in [-0.15, -0.1) is 0 Å². The molecule has 0 fully saturated rings. The van der Waals surface area contributed by atoms with E-state index in [2.05, 4.69) is 4.98 Å². The molecule has 0 saturated heterocycles. The summed E-state index contributed by atoms with van der Waals surface area (Å²) in [5.74, 6) is 0. The van der Waals surface area contributed by atoms with Gasteiger partial charge in [-0.1, -0.05) is 23.8 Å². The van der Waals surface area contributed by atoms with Gasteiger partial charge < -0.3 is 4.74 Å². The van der Waals surface area contributed by atoms with Crippen molar-refractivity contribution < 1.29 is 17.7 Å². The standard InChI is InChI=1S/C7H9NO.C7H8O3S/c1-9-6-7-4-2-3-5-8-7;1-6-2-4-7(5-3-6)11(8,9)10/h2-5H,6H2,1H3;2-5H,1H3,(H,8,9,10). The Hall–Kier alpha value is -1.76. The first kappa shape index (κ1) is 16.3. The van der Waals surface area contributed by atoms with Crippen LogP contribution in [0.2, 0.25) is 0 Å². The molecule has 1 heterocycles. The zero-order valence-electron chi connectivity index (χ0n) is 11.4. The number of hydrogen-bond donors (Lipinski definition) is 1. The molecule has 0 aliphatic carbocycles. The molecule has 2 aromatic rings. The third-order valence-electron chi connectivity index (χ3n) is 2.34. The van der Waals surface area contributed by atoms with Gasteiger partial charge in [0.15, 0.2) is 0 Å². The van der Waals surface area contributed by atoms with Crippen LogP contribution in [0.1, 0.15) is 11.3 Å². The monoisotopic (exact) mass is 295 g/mol. The molecule has 0 bridgehead atoms. The quantitative estimate of drug-likeness (QED) is 0.880. The summed E-state index contributed by atoms with van der Waals surface area (Å²) in [6.45, 7) is 2.44. The Morgan fingerprint density at radius 3 is 2.25 bits per heavy atom. The third kappa shape index (κ3) is 5.92. The first-order valence-electron chi connectivity index (χ1n) is 5.86. The predicted molar refractivity (Wildman–Crippen MR) is 75.9 cm³/mol. The lowest BCUT2D eigenvalue weighted by atomic mass is 10.2. The van der Waals surface area contributed by atoms with Crippen LogP contribution in [0.15, 0.2) is 53.6 Å². The van der Waals surface area contributed by atoms with Crippen LogP contribution < -0.4 is 0 Å². The van der Waals surface area contributed by atoms with Crippen molar-refractivity contribution in [2.45, 2.75) is 18.4 Å². The highest BCUT2D eigenvalue weighted by Crippen LogP contribution is 2.08. The van der Waals surface area contributed by atoms with Crippen LogP contribution >= 0.6 is 0 Å². The SMILES string of the molecule is COCc1ccccn1.Cc1ccc(S(=O)(=O)O)cc1. The van der Waals surface area contributed by atoms with Crippen LogP contribution in [0, 0.1) is 6.92 Å². The van der Waals surface area contributed by atoms with E-state index in [1.807, 2.05) is 25.1 Å². The normalized spacial score (nSPS) is 10.6. The topological polar surface area (TPSA) is 76.5 Å². The van der Waals surface area contributed by atoms with Gasteiger partial charge in [-0.3, -0.25) is 9.54 Å². The minimum atomic E-state index is -4.02. The maximum Gasteiger partial charge on any atom is 0.294 e. The first-order valence-corrected chi connectivity index (χ1v) is 7.30. The average molecular weight is 295 g/mol. The van der Waals surface area contributed by atoms with Gasteiger partial charge in [0.05, 0.1) is 17.2 Å². The van der Waals surface area contributed by atoms with Gasteiger partial charge in [-0.2, -0.15) is 8.42 Å². The second-order valence-corrected chi connectivity index (χ2v) is 5.46. The van der Waals surface area contributed by atoms with Crippen molar-refractivity contribution in [1.29, 1.82) is 0 Å². The molecule has 20 heavy (non-hydrogen) atoms. The molecule has 1 aromatic carbocycles. The zero-order chi connectivity index (χ0) is 15.0. The Kier molecular flexibility index (Phi) is 6.30. The van der Waals surface area contributed by atoms with Crippen molar-refractivity contribution in [1.82, 2.24) is 4.98 Å². The summed E-state index contributed by atoms with van der Waals surface area (Å²) in [6, 6.07) is 11.8. The van der Waals surface area contributed by atoms with Crippen LogP contribution in [0.25, 0.3) is 0 Å². The molecule has 5 nitrogen and oxygen atoms in total. The molecular formula is C14H17NO4S. The van der Waals surface area contributed by atoms with Crippen LogP contribution in [-0.4, -0.2) is 25.1 Å². The van der Waals surface area contributed by atoms with Crippen LogP contribution in [0.4, 0.5) is 0 Å². The number of aromatic nitrogens is 1. The number of rotatable bonds is 3. The largest absolute Gasteiger partial charge is 0.378 e. The summed E-state index contributed by atoms with van der Waals surface area (Å²) in [7, 11) is -2.36. The highest BCUT2D eigenvalue weighted by Gasteiger charge is 2.06. The first-order chi connectivity index (χ1) is 9.43. The van der Waals surface area contributed by atoms with Crippen LogP contribution in [-0.2, 0) is 21.5 Å². The number of aryl methyl sites for hydroxylation is 1. The van der Waals surface area contributed by atoms with Crippen molar-refractivity contribution in [2.24, 2.45) is 0 Å². The molecule has 108 valence electrons. The minimum absolute atomic E-state index is 0.0666. The van der Waals surface area contributed by atoms with E-state index in [0.717, 1.165) is 11.3 Å². The number of methoxy groups -OCH3 is 1. The van der Waals surface area contributed by atoms with Gasteiger partial charge in [0.2, 0.25) is 0 Å². The average Bonchev–Trinajstić information content (AvgIpc) is 2.40. The summed E-state index contributed by atoms with van der Waals surface area (Å²) in [4.78, 5) is 3.98. The Labute approximate surface area is 119 Å². The summed E-state index contributed by atoms with van der Waals surface area (Å²) < 4.78 is 34.4. The molecule has 0 spiro atoms. The Bertz CT molecular complexity index is 609. The highest BCUT2D eigenvalue weighted by molar-refractivity contribution is 7.85. The fourth-order valence-corrected chi connectivity index (χ4v) is 1.82. The van der Waals surface area contributed by atoms with Crippen molar-refractivity contribution >= 4 is 10.1 Å². The van der Waals surface area contributed by atoms with Gasteiger partial charge >= 0.3 is 0 Å². The maximum absolute atomic E-state index is 10.5. The fraction of sp³-hybridized carbons (Fsp3) is 0.214. The van der Waals surface area contributed by atoms with Crippen molar-refractivity contribution in [2.75, 3.05) is 7.11 Å². The van der Waals surface area contributed by atoms with Crippen molar-refractivity contribution in [3.8, 4) is 0 Å². The van der Waals surface area contributed by atoms with E-state index in [9.17, 15) is 8.42 Å². The number of benzene rings is 1. The number of nitrogens with zero attached hydrogens (tertiary/aromatic N) is 1. The molecule has 0 saturated carbocycles. The number of ether oxygens (including phenoxy) is 1. The molecule has 0 unspecified atom stereocenters. The molecular weight excluding hydrogens is 278 g/mol. The lowest BCUT2D eigenvalue weighted by Crippen LogP contribution is -1.96. The summed E-state index contributed by atoms with van der Waals surface area (Å²) in [5, 5.41) is 0. The molecule has 0 aliphatic rings. The molecule has 0 aliphatic heterocycles. The second kappa shape index (κ2) is 7.74. The highest BCUT2D eigenvalue weighted by atomic mass is 32.2. The van der Waals surface area contributed by atoms with E-state index in [4.69, 9.17) is 9.29 Å². The summed E-state index contributed by atoms with van der Waals surface area (Å²) >= 11 is 0. The van der Waals surface area contributed by atoms with E-state index < -0.39 is 10.1 Å². The molecule has 0 radical (unpaired) electrons. The van der Waals surface area contributed by atoms with E-state index in [0.29, 0.717) is 6.61 Å². The lowest BCUT2D eigenvalue weighted by molar-refractivity contribution is 0.181. The van der Waals surface area contributed by atoms with Crippen molar-refractivity contribution in [3.05, 3.63) is 59.9 Å². The second-order valence-electron chi connectivity index (χ2n) is 4.04. The van der Waals surface area contributed by atoms with Gasteiger partial charge in [0.25, 0.3) is 10.1 Å². The van der Waals surface area contributed by atoms with Gasteiger partial charge in [0.1, 0.15) is 0 Å². The summed E-state index contributed by atoms with van der Waals surface area (Å²) in [5.41, 5.74) is 1.93. The molecule has 6 heteroatoms. The Morgan fingerprint density at radius 2 is 1.80 bits per heavy atom. The van der Waals surface area contributed by atoms with E-state index in [-0.39, 0.29) is 4.90 Å². The Morgan fingerprint density at radius 1 is 1.15 bits per heavy atom.